The number of anilines is 3. The number of carbonyl (C=O) groups is 1. The number of rotatable bonds is 4. The van der Waals surface area contributed by atoms with E-state index in [9.17, 15) is 4.79 Å². The smallest absolute Gasteiger partial charge is 0.225 e. The molecule has 170 valence electrons. The number of amides is 1. The lowest BCUT2D eigenvalue weighted by atomic mass is 9.95. The summed E-state index contributed by atoms with van der Waals surface area (Å²) in [7, 11) is 0. The fourth-order valence-electron chi connectivity index (χ4n) is 5.24. The molecule has 0 unspecified atom stereocenters. The van der Waals surface area contributed by atoms with Crippen LogP contribution in [-0.2, 0) is 4.79 Å². The molecule has 0 radical (unpaired) electrons. The van der Waals surface area contributed by atoms with Gasteiger partial charge in [0.2, 0.25) is 5.91 Å². The molecule has 3 fully saturated rings. The summed E-state index contributed by atoms with van der Waals surface area (Å²) in [5.74, 6) is 2.53. The summed E-state index contributed by atoms with van der Waals surface area (Å²) in [5.41, 5.74) is 1.25. The Morgan fingerprint density at radius 1 is 0.719 bits per heavy atom. The number of hydrogen-bond donors (Lipinski definition) is 0. The van der Waals surface area contributed by atoms with Gasteiger partial charge in [0.05, 0.1) is 0 Å². The summed E-state index contributed by atoms with van der Waals surface area (Å²) < 4.78 is 0. The molecule has 0 N–H and O–H groups in total. The van der Waals surface area contributed by atoms with Gasteiger partial charge < -0.3 is 19.6 Å². The summed E-state index contributed by atoms with van der Waals surface area (Å²) in [6, 6.07) is 12.6. The average molecular weight is 435 g/mol. The van der Waals surface area contributed by atoms with Crippen molar-refractivity contribution in [1.29, 1.82) is 0 Å². The van der Waals surface area contributed by atoms with Gasteiger partial charge in [-0.3, -0.25) is 4.79 Å². The van der Waals surface area contributed by atoms with E-state index in [4.69, 9.17) is 0 Å². The third-order valence-corrected chi connectivity index (χ3v) is 7.20. The van der Waals surface area contributed by atoms with Gasteiger partial charge in [-0.25, -0.2) is 9.97 Å². The van der Waals surface area contributed by atoms with Gasteiger partial charge in [0.25, 0.3) is 0 Å². The van der Waals surface area contributed by atoms with Crippen LogP contribution < -0.4 is 14.7 Å². The van der Waals surface area contributed by atoms with Crippen LogP contribution in [0.4, 0.5) is 17.3 Å². The molecule has 1 aromatic carbocycles. The largest absolute Gasteiger partial charge is 0.368 e. The van der Waals surface area contributed by atoms with Crippen molar-refractivity contribution in [3.63, 3.8) is 0 Å². The van der Waals surface area contributed by atoms with Gasteiger partial charge in [-0.1, -0.05) is 18.2 Å². The van der Waals surface area contributed by atoms with Crippen LogP contribution >= 0.6 is 0 Å². The zero-order chi connectivity index (χ0) is 21.8. The fraction of sp³-hybridized carbons (Fsp3) is 0.560. The molecule has 3 aliphatic heterocycles. The number of para-hydroxylation sites is 1. The molecule has 3 saturated heterocycles. The first-order valence-corrected chi connectivity index (χ1v) is 12.2. The molecule has 7 heteroatoms. The minimum absolute atomic E-state index is 0.137. The van der Waals surface area contributed by atoms with Crippen LogP contribution in [0.3, 0.4) is 0 Å². The van der Waals surface area contributed by atoms with Crippen LogP contribution in [0.15, 0.2) is 42.7 Å². The van der Waals surface area contributed by atoms with Gasteiger partial charge in [-0.05, 0) is 44.2 Å². The summed E-state index contributed by atoms with van der Waals surface area (Å²) in [6.45, 7) is 7.41. The highest BCUT2D eigenvalue weighted by Crippen LogP contribution is 2.27. The number of nitrogens with zero attached hydrogens (tertiary/aromatic N) is 6. The van der Waals surface area contributed by atoms with E-state index in [0.717, 1.165) is 76.8 Å². The molecule has 0 aliphatic carbocycles. The van der Waals surface area contributed by atoms with Crippen LogP contribution in [0.25, 0.3) is 0 Å². The Balaban J connectivity index is 1.13. The van der Waals surface area contributed by atoms with Crippen LogP contribution in [0.1, 0.15) is 32.1 Å². The minimum Gasteiger partial charge on any atom is -0.368 e. The minimum atomic E-state index is 0.137. The molecule has 1 aromatic heterocycles. The van der Waals surface area contributed by atoms with E-state index >= 15 is 0 Å². The number of aromatic nitrogens is 2. The highest BCUT2D eigenvalue weighted by molar-refractivity contribution is 5.79. The van der Waals surface area contributed by atoms with Gasteiger partial charge in [-0.15, -0.1) is 0 Å². The Morgan fingerprint density at radius 3 is 2.00 bits per heavy atom. The number of carbonyl (C=O) groups excluding carboxylic acids is 1. The maximum atomic E-state index is 13.2. The van der Waals surface area contributed by atoms with Crippen molar-refractivity contribution in [2.24, 2.45) is 5.92 Å². The third-order valence-electron chi connectivity index (χ3n) is 7.20. The first-order chi connectivity index (χ1) is 15.8. The molecular weight excluding hydrogens is 400 g/mol. The molecule has 32 heavy (non-hydrogen) atoms. The quantitative estimate of drug-likeness (QED) is 0.737. The second kappa shape index (κ2) is 9.76. The Morgan fingerprint density at radius 2 is 1.34 bits per heavy atom. The topological polar surface area (TPSA) is 55.8 Å². The second-order valence-electron chi connectivity index (χ2n) is 9.19. The van der Waals surface area contributed by atoms with Crippen molar-refractivity contribution in [3.8, 4) is 0 Å². The van der Waals surface area contributed by atoms with Gasteiger partial charge >= 0.3 is 0 Å². The van der Waals surface area contributed by atoms with Crippen molar-refractivity contribution in [2.75, 3.05) is 67.1 Å². The molecule has 4 heterocycles. The Labute approximate surface area is 191 Å². The maximum Gasteiger partial charge on any atom is 0.225 e. The SMILES string of the molecule is O=C(C1CCN(c2cc(N3CCCCC3)ncn2)CC1)N1CCN(c2ccccc2)CC1. The number of hydrogen-bond acceptors (Lipinski definition) is 6. The summed E-state index contributed by atoms with van der Waals surface area (Å²) in [6.07, 6.45) is 7.31. The number of benzene rings is 1. The molecular formula is C25H34N6O. The lowest BCUT2D eigenvalue weighted by Crippen LogP contribution is -2.51. The Bertz CT molecular complexity index is 884. The molecule has 0 saturated carbocycles. The second-order valence-corrected chi connectivity index (χ2v) is 9.19. The van der Waals surface area contributed by atoms with Crippen molar-refractivity contribution < 1.29 is 4.79 Å². The van der Waals surface area contributed by atoms with E-state index in [0.29, 0.717) is 5.91 Å². The lowest BCUT2D eigenvalue weighted by molar-refractivity contribution is -0.136. The first kappa shape index (κ1) is 21.0. The molecule has 3 aliphatic rings. The highest BCUT2D eigenvalue weighted by Gasteiger charge is 2.31. The van der Waals surface area contributed by atoms with Crippen LogP contribution in [-0.4, -0.2) is 73.1 Å². The Hall–Kier alpha value is -2.83. The van der Waals surface area contributed by atoms with Crippen LogP contribution in [0, 0.1) is 5.92 Å². The lowest BCUT2D eigenvalue weighted by Gasteiger charge is -2.39. The Kier molecular flexibility index (Phi) is 6.41. The maximum absolute atomic E-state index is 13.2. The molecule has 0 bridgehead atoms. The predicted octanol–water partition coefficient (Wildman–Crippen LogP) is 3.03. The van der Waals surface area contributed by atoms with Crippen molar-refractivity contribution >= 4 is 23.2 Å². The number of piperazine rings is 1. The van der Waals surface area contributed by atoms with Crippen LogP contribution in [0.2, 0.25) is 0 Å². The van der Waals surface area contributed by atoms with Crippen molar-refractivity contribution in [3.05, 3.63) is 42.7 Å². The van der Waals surface area contributed by atoms with Crippen molar-refractivity contribution in [1.82, 2.24) is 14.9 Å². The summed E-state index contributed by atoms with van der Waals surface area (Å²) >= 11 is 0. The van der Waals surface area contributed by atoms with Gasteiger partial charge in [-0.2, -0.15) is 0 Å². The molecule has 5 rings (SSSR count). The standard InChI is InChI=1S/C25H34N6O/c32-25(31-17-15-28(16-18-31)22-7-3-1-4-8-22)21-9-13-30(14-10-21)24-19-23(26-20-27-24)29-11-5-2-6-12-29/h1,3-4,7-8,19-21H,2,5-6,9-18H2. The molecule has 0 spiro atoms. The normalized spacial score (nSPS) is 20.5. The van der Waals surface area contributed by atoms with E-state index < -0.39 is 0 Å². The molecule has 1 amide bonds. The summed E-state index contributed by atoms with van der Waals surface area (Å²) in [5, 5.41) is 0. The zero-order valence-electron chi connectivity index (χ0n) is 18.9. The van der Waals surface area contributed by atoms with Gasteiger partial charge in [0, 0.05) is 70.0 Å². The monoisotopic (exact) mass is 434 g/mol. The predicted molar refractivity (Wildman–Crippen MR) is 128 cm³/mol. The number of piperidine rings is 2. The van der Waals surface area contributed by atoms with E-state index in [-0.39, 0.29) is 5.92 Å². The molecule has 0 atom stereocenters. The fourth-order valence-corrected chi connectivity index (χ4v) is 5.24. The average Bonchev–Trinajstić information content (AvgIpc) is 2.89. The van der Waals surface area contributed by atoms with Crippen LogP contribution in [0.5, 0.6) is 0 Å². The van der Waals surface area contributed by atoms with Gasteiger partial charge in [0.15, 0.2) is 0 Å². The highest BCUT2D eigenvalue weighted by atomic mass is 16.2. The molecule has 7 nitrogen and oxygen atoms in total. The van der Waals surface area contributed by atoms with E-state index in [2.05, 4.69) is 59.9 Å². The first-order valence-electron chi connectivity index (χ1n) is 12.2. The summed E-state index contributed by atoms with van der Waals surface area (Å²) in [4.78, 5) is 31.4. The van der Waals surface area contributed by atoms with E-state index in [1.165, 1.54) is 24.9 Å². The van der Waals surface area contributed by atoms with Crippen molar-refractivity contribution in [2.45, 2.75) is 32.1 Å². The van der Waals surface area contributed by atoms with E-state index in [1.807, 2.05) is 6.07 Å². The zero-order valence-corrected chi connectivity index (χ0v) is 18.9. The van der Waals surface area contributed by atoms with E-state index in [1.54, 1.807) is 6.33 Å². The van der Waals surface area contributed by atoms with Gasteiger partial charge in [0.1, 0.15) is 18.0 Å². The third kappa shape index (κ3) is 4.66. The molecule has 2 aromatic rings.